The van der Waals surface area contributed by atoms with Crippen LogP contribution in [0.25, 0.3) is 0 Å². The highest BCUT2D eigenvalue weighted by Crippen LogP contribution is 2.19. The van der Waals surface area contributed by atoms with E-state index in [2.05, 4.69) is 25.2 Å². The average molecular weight is 236 g/mol. The zero-order valence-electron chi connectivity index (χ0n) is 11.3. The first kappa shape index (κ1) is 13.8. The SMILES string of the molecule is CCOCC(Nc1ccc(C)c(N)c1)C(C)C. The van der Waals surface area contributed by atoms with Crippen LogP contribution in [0.15, 0.2) is 18.2 Å². The molecular formula is C14H24N2O. The molecule has 0 saturated heterocycles. The molecule has 1 atom stereocenters. The van der Waals surface area contributed by atoms with Gasteiger partial charge in [0.05, 0.1) is 12.6 Å². The highest BCUT2D eigenvalue weighted by atomic mass is 16.5. The highest BCUT2D eigenvalue weighted by molar-refractivity contribution is 5.58. The van der Waals surface area contributed by atoms with Crippen LogP contribution in [-0.2, 0) is 4.74 Å². The van der Waals surface area contributed by atoms with Gasteiger partial charge in [0.15, 0.2) is 0 Å². The Morgan fingerprint density at radius 1 is 1.35 bits per heavy atom. The van der Waals surface area contributed by atoms with Crippen molar-refractivity contribution in [1.82, 2.24) is 0 Å². The van der Waals surface area contributed by atoms with Crippen LogP contribution >= 0.6 is 0 Å². The fraction of sp³-hybridized carbons (Fsp3) is 0.571. The van der Waals surface area contributed by atoms with Crippen LogP contribution in [0.2, 0.25) is 0 Å². The predicted molar refractivity (Wildman–Crippen MR) is 74.3 cm³/mol. The minimum absolute atomic E-state index is 0.317. The van der Waals surface area contributed by atoms with E-state index in [0.29, 0.717) is 12.0 Å². The third-order valence-electron chi connectivity index (χ3n) is 2.94. The topological polar surface area (TPSA) is 47.3 Å². The Labute approximate surface area is 104 Å². The van der Waals surface area contributed by atoms with E-state index in [-0.39, 0.29) is 0 Å². The van der Waals surface area contributed by atoms with Crippen LogP contribution in [0, 0.1) is 12.8 Å². The summed E-state index contributed by atoms with van der Waals surface area (Å²) in [5, 5.41) is 3.48. The predicted octanol–water partition coefficient (Wildman–Crippen LogP) is 3.05. The molecule has 3 nitrogen and oxygen atoms in total. The molecule has 96 valence electrons. The van der Waals surface area contributed by atoms with Crippen molar-refractivity contribution < 1.29 is 4.74 Å². The molecule has 1 aromatic rings. The van der Waals surface area contributed by atoms with Gasteiger partial charge in [0.2, 0.25) is 0 Å². The summed E-state index contributed by atoms with van der Waals surface area (Å²) >= 11 is 0. The quantitative estimate of drug-likeness (QED) is 0.746. The smallest absolute Gasteiger partial charge is 0.0670 e. The second kappa shape index (κ2) is 6.50. The number of benzene rings is 1. The molecule has 0 aliphatic heterocycles. The van der Waals surface area contributed by atoms with Crippen molar-refractivity contribution in [3.05, 3.63) is 23.8 Å². The summed E-state index contributed by atoms with van der Waals surface area (Å²) in [7, 11) is 0. The Morgan fingerprint density at radius 2 is 2.06 bits per heavy atom. The van der Waals surface area contributed by atoms with E-state index in [9.17, 15) is 0 Å². The van der Waals surface area contributed by atoms with E-state index in [1.807, 2.05) is 26.0 Å². The molecule has 0 aliphatic carbocycles. The first-order valence-corrected chi connectivity index (χ1v) is 6.25. The molecule has 0 bridgehead atoms. The summed E-state index contributed by atoms with van der Waals surface area (Å²) in [5.74, 6) is 0.518. The zero-order chi connectivity index (χ0) is 12.8. The molecule has 17 heavy (non-hydrogen) atoms. The number of rotatable bonds is 6. The highest BCUT2D eigenvalue weighted by Gasteiger charge is 2.13. The molecular weight excluding hydrogens is 212 g/mol. The first-order chi connectivity index (χ1) is 8.04. The van der Waals surface area contributed by atoms with Crippen LogP contribution < -0.4 is 11.1 Å². The maximum atomic E-state index is 5.90. The Kier molecular flexibility index (Phi) is 5.29. The third-order valence-corrected chi connectivity index (χ3v) is 2.94. The second-order valence-corrected chi connectivity index (χ2v) is 4.73. The maximum Gasteiger partial charge on any atom is 0.0670 e. The van der Waals surface area contributed by atoms with E-state index in [1.165, 1.54) is 0 Å². The van der Waals surface area contributed by atoms with Crippen LogP contribution in [0.5, 0.6) is 0 Å². The monoisotopic (exact) mass is 236 g/mol. The van der Waals surface area contributed by atoms with Gasteiger partial charge in [-0.2, -0.15) is 0 Å². The molecule has 1 aromatic carbocycles. The van der Waals surface area contributed by atoms with Gasteiger partial charge < -0.3 is 15.8 Å². The summed E-state index contributed by atoms with van der Waals surface area (Å²) in [6, 6.07) is 6.40. The molecule has 1 rings (SSSR count). The van der Waals surface area contributed by atoms with Crippen LogP contribution in [-0.4, -0.2) is 19.3 Å². The minimum atomic E-state index is 0.317. The van der Waals surface area contributed by atoms with E-state index >= 15 is 0 Å². The van der Waals surface area contributed by atoms with E-state index in [1.54, 1.807) is 0 Å². The van der Waals surface area contributed by atoms with Crippen molar-refractivity contribution in [2.24, 2.45) is 5.92 Å². The Hall–Kier alpha value is -1.22. The van der Waals surface area contributed by atoms with Gasteiger partial charge in [0.25, 0.3) is 0 Å². The Bertz CT molecular complexity index is 350. The number of ether oxygens (including phenoxy) is 1. The molecule has 3 heteroatoms. The molecule has 0 aromatic heterocycles. The van der Waals surface area contributed by atoms with Crippen LogP contribution in [0.1, 0.15) is 26.3 Å². The van der Waals surface area contributed by atoms with Crippen molar-refractivity contribution in [1.29, 1.82) is 0 Å². The molecule has 0 saturated carbocycles. The van der Waals surface area contributed by atoms with E-state index in [0.717, 1.165) is 30.2 Å². The summed E-state index contributed by atoms with van der Waals surface area (Å²) < 4.78 is 5.49. The standard InChI is InChI=1S/C14H24N2O/c1-5-17-9-14(10(2)3)16-12-7-6-11(4)13(15)8-12/h6-8,10,14,16H,5,9,15H2,1-4H3. The summed E-state index contributed by atoms with van der Waals surface area (Å²) in [6.45, 7) is 9.88. The third kappa shape index (κ3) is 4.27. The molecule has 0 aliphatic rings. The lowest BCUT2D eigenvalue weighted by Crippen LogP contribution is -2.30. The number of hydrogen-bond acceptors (Lipinski definition) is 3. The number of nitrogens with two attached hydrogens (primary N) is 1. The van der Waals surface area contributed by atoms with Gasteiger partial charge >= 0.3 is 0 Å². The molecule has 0 radical (unpaired) electrons. The van der Waals surface area contributed by atoms with Gasteiger partial charge in [-0.25, -0.2) is 0 Å². The second-order valence-electron chi connectivity index (χ2n) is 4.73. The van der Waals surface area contributed by atoms with Crippen LogP contribution in [0.3, 0.4) is 0 Å². The molecule has 0 amide bonds. The van der Waals surface area contributed by atoms with Crippen molar-refractivity contribution in [3.63, 3.8) is 0 Å². The van der Waals surface area contributed by atoms with Crippen molar-refractivity contribution >= 4 is 11.4 Å². The number of nitrogens with one attached hydrogen (secondary N) is 1. The average Bonchev–Trinajstić information content (AvgIpc) is 2.28. The van der Waals surface area contributed by atoms with Crippen LogP contribution in [0.4, 0.5) is 11.4 Å². The lowest BCUT2D eigenvalue weighted by atomic mass is 10.0. The largest absolute Gasteiger partial charge is 0.398 e. The lowest BCUT2D eigenvalue weighted by molar-refractivity contribution is 0.127. The van der Waals surface area contributed by atoms with E-state index < -0.39 is 0 Å². The normalized spacial score (nSPS) is 12.8. The molecule has 3 N–H and O–H groups in total. The van der Waals surface area contributed by atoms with Crippen molar-refractivity contribution in [2.75, 3.05) is 24.3 Å². The Morgan fingerprint density at radius 3 is 2.59 bits per heavy atom. The maximum absolute atomic E-state index is 5.90. The zero-order valence-corrected chi connectivity index (χ0v) is 11.3. The van der Waals surface area contributed by atoms with Gasteiger partial charge in [0, 0.05) is 18.0 Å². The Balaban J connectivity index is 2.68. The minimum Gasteiger partial charge on any atom is -0.398 e. The summed E-state index contributed by atoms with van der Waals surface area (Å²) in [4.78, 5) is 0. The number of aryl methyl sites for hydroxylation is 1. The van der Waals surface area contributed by atoms with Crippen molar-refractivity contribution in [3.8, 4) is 0 Å². The fourth-order valence-corrected chi connectivity index (χ4v) is 1.59. The number of anilines is 2. The van der Waals surface area contributed by atoms with Gasteiger partial charge in [-0.1, -0.05) is 19.9 Å². The molecule has 0 spiro atoms. The fourth-order valence-electron chi connectivity index (χ4n) is 1.59. The number of nitrogen functional groups attached to an aromatic ring is 1. The van der Waals surface area contributed by atoms with Gasteiger partial charge in [-0.3, -0.25) is 0 Å². The summed E-state index contributed by atoms with van der Waals surface area (Å²) in [6.07, 6.45) is 0. The number of hydrogen-bond donors (Lipinski definition) is 2. The van der Waals surface area contributed by atoms with Crippen molar-refractivity contribution in [2.45, 2.75) is 33.7 Å². The van der Waals surface area contributed by atoms with Gasteiger partial charge in [-0.05, 0) is 37.5 Å². The van der Waals surface area contributed by atoms with Gasteiger partial charge in [-0.15, -0.1) is 0 Å². The molecule has 0 fully saturated rings. The lowest BCUT2D eigenvalue weighted by Gasteiger charge is -2.23. The first-order valence-electron chi connectivity index (χ1n) is 6.25. The van der Waals surface area contributed by atoms with E-state index in [4.69, 9.17) is 10.5 Å². The molecule has 1 unspecified atom stereocenters. The summed E-state index contributed by atoms with van der Waals surface area (Å²) in [5.41, 5.74) is 8.90. The van der Waals surface area contributed by atoms with Gasteiger partial charge in [0.1, 0.15) is 0 Å². The molecule has 0 heterocycles.